The molecule has 0 radical (unpaired) electrons. The van der Waals surface area contributed by atoms with Gasteiger partial charge in [-0.3, -0.25) is 4.79 Å². The number of rotatable bonds is 7. The van der Waals surface area contributed by atoms with E-state index in [1.807, 2.05) is 24.3 Å². The van der Waals surface area contributed by atoms with E-state index in [1.165, 1.54) is 0 Å². The van der Waals surface area contributed by atoms with Crippen LogP contribution in [0.1, 0.15) is 47.2 Å². The van der Waals surface area contributed by atoms with Gasteiger partial charge in [0.2, 0.25) is 0 Å². The predicted octanol–water partition coefficient (Wildman–Crippen LogP) is 4.51. The first-order valence-corrected chi connectivity index (χ1v) is 11.4. The summed E-state index contributed by atoms with van der Waals surface area (Å²) in [5.41, 5.74) is 14.4. The fourth-order valence-corrected chi connectivity index (χ4v) is 3.96. The van der Waals surface area contributed by atoms with Gasteiger partial charge in [0.1, 0.15) is 23.9 Å². The second kappa shape index (κ2) is 10.7. The van der Waals surface area contributed by atoms with Crippen LogP contribution in [0.25, 0.3) is 0 Å². The van der Waals surface area contributed by atoms with Crippen molar-refractivity contribution in [3.63, 3.8) is 0 Å². The zero-order chi connectivity index (χ0) is 23.9. The van der Waals surface area contributed by atoms with Crippen LogP contribution in [-0.2, 0) is 6.61 Å². The van der Waals surface area contributed by atoms with Gasteiger partial charge in [-0.15, -0.1) is 0 Å². The molecule has 0 spiro atoms. The van der Waals surface area contributed by atoms with Gasteiger partial charge in [-0.2, -0.15) is 5.26 Å². The Bertz CT molecular complexity index is 1180. The van der Waals surface area contributed by atoms with E-state index in [-0.39, 0.29) is 18.0 Å². The number of nitrogens with one attached hydrogen (secondary N) is 1. The number of anilines is 1. The molecule has 1 aliphatic carbocycles. The Hall–Kier alpha value is -4.02. The van der Waals surface area contributed by atoms with Gasteiger partial charge < -0.3 is 26.3 Å². The maximum atomic E-state index is 13.0. The number of nitrogens with zero attached hydrogens (tertiary/aromatic N) is 1. The molecule has 1 amide bonds. The number of hydrogen-bond acceptors (Lipinski definition) is 6. The quantitative estimate of drug-likeness (QED) is 0.450. The van der Waals surface area contributed by atoms with E-state index < -0.39 is 0 Å². The standard InChI is InChI=1S/C27H28N4O3/c28-16-18-4-10-24(11-5-18)34-26-14-20(27(32)31-23-8-6-21(29)7-9-23)13-25(15-26)33-17-19-2-1-3-22(30)12-19/h1-5,10-15,21,23H,6-9,17,29-30H2,(H,31,32). The van der Waals surface area contributed by atoms with Gasteiger partial charge in [0.05, 0.1) is 11.6 Å². The molecule has 0 bridgehead atoms. The van der Waals surface area contributed by atoms with Crippen molar-refractivity contribution in [2.45, 2.75) is 44.4 Å². The number of hydrogen-bond donors (Lipinski definition) is 3. The summed E-state index contributed by atoms with van der Waals surface area (Å²) in [6.07, 6.45) is 3.54. The first-order valence-electron chi connectivity index (χ1n) is 11.4. The summed E-state index contributed by atoms with van der Waals surface area (Å²) in [6, 6.07) is 21.8. The topological polar surface area (TPSA) is 123 Å². The van der Waals surface area contributed by atoms with E-state index in [0.717, 1.165) is 31.2 Å². The van der Waals surface area contributed by atoms with Crippen molar-refractivity contribution in [3.05, 3.63) is 83.4 Å². The van der Waals surface area contributed by atoms with Crippen molar-refractivity contribution >= 4 is 11.6 Å². The number of amides is 1. The van der Waals surface area contributed by atoms with Crippen LogP contribution in [0.4, 0.5) is 5.69 Å². The average Bonchev–Trinajstić information content (AvgIpc) is 2.84. The third-order valence-electron chi connectivity index (χ3n) is 5.82. The van der Waals surface area contributed by atoms with Gasteiger partial charge in [-0.05, 0) is 79.8 Å². The SMILES string of the molecule is N#Cc1ccc(Oc2cc(OCc3cccc(N)c3)cc(C(=O)NC3CCC(N)CC3)c2)cc1. The number of nitrogens with two attached hydrogens (primary N) is 2. The van der Waals surface area contributed by atoms with Crippen molar-refractivity contribution in [1.82, 2.24) is 5.32 Å². The Labute approximate surface area is 199 Å². The van der Waals surface area contributed by atoms with Crippen LogP contribution in [0.3, 0.4) is 0 Å². The minimum absolute atomic E-state index is 0.104. The second-order valence-corrected chi connectivity index (χ2v) is 8.55. The lowest BCUT2D eigenvalue weighted by Crippen LogP contribution is -2.40. The zero-order valence-electron chi connectivity index (χ0n) is 18.9. The first kappa shape index (κ1) is 23.1. The van der Waals surface area contributed by atoms with Crippen LogP contribution in [0, 0.1) is 11.3 Å². The van der Waals surface area contributed by atoms with Gasteiger partial charge in [0.25, 0.3) is 5.91 Å². The van der Waals surface area contributed by atoms with Crippen molar-refractivity contribution in [3.8, 4) is 23.3 Å². The maximum Gasteiger partial charge on any atom is 0.251 e. The fraction of sp³-hybridized carbons (Fsp3) is 0.259. The van der Waals surface area contributed by atoms with Gasteiger partial charge in [0.15, 0.2) is 0 Å². The van der Waals surface area contributed by atoms with Crippen LogP contribution in [0.5, 0.6) is 17.2 Å². The predicted molar refractivity (Wildman–Crippen MR) is 131 cm³/mol. The van der Waals surface area contributed by atoms with Gasteiger partial charge in [0, 0.05) is 29.4 Å². The molecule has 1 aliphatic rings. The molecule has 0 unspecified atom stereocenters. The third kappa shape index (κ3) is 6.27. The van der Waals surface area contributed by atoms with E-state index >= 15 is 0 Å². The van der Waals surface area contributed by atoms with Gasteiger partial charge in [-0.1, -0.05) is 12.1 Å². The highest BCUT2D eigenvalue weighted by molar-refractivity contribution is 5.95. The smallest absolute Gasteiger partial charge is 0.251 e. The molecule has 0 aliphatic heterocycles. The average molecular weight is 457 g/mol. The Morgan fingerprint density at radius 1 is 0.971 bits per heavy atom. The molecule has 7 heteroatoms. The summed E-state index contributed by atoms with van der Waals surface area (Å²) in [5.74, 6) is 1.34. The summed E-state index contributed by atoms with van der Waals surface area (Å²) in [6.45, 7) is 0.299. The molecule has 34 heavy (non-hydrogen) atoms. The summed E-state index contributed by atoms with van der Waals surface area (Å²) < 4.78 is 12.0. The molecule has 0 atom stereocenters. The lowest BCUT2D eigenvalue weighted by molar-refractivity contribution is 0.0925. The molecule has 0 saturated heterocycles. The molecule has 7 nitrogen and oxygen atoms in total. The number of carbonyl (C=O) groups is 1. The Morgan fingerprint density at radius 2 is 1.71 bits per heavy atom. The molecule has 0 heterocycles. The fourth-order valence-electron chi connectivity index (χ4n) is 3.96. The van der Waals surface area contributed by atoms with E-state index in [4.69, 9.17) is 26.2 Å². The first-order chi connectivity index (χ1) is 16.5. The minimum Gasteiger partial charge on any atom is -0.489 e. The van der Waals surface area contributed by atoms with Crippen LogP contribution < -0.4 is 26.3 Å². The Balaban J connectivity index is 1.54. The lowest BCUT2D eigenvalue weighted by Gasteiger charge is -2.26. The summed E-state index contributed by atoms with van der Waals surface area (Å²) in [4.78, 5) is 13.0. The maximum absolute atomic E-state index is 13.0. The summed E-state index contributed by atoms with van der Waals surface area (Å²) >= 11 is 0. The van der Waals surface area contributed by atoms with Crippen LogP contribution in [0.2, 0.25) is 0 Å². The van der Waals surface area contributed by atoms with Crippen molar-refractivity contribution in [2.75, 3.05) is 5.73 Å². The van der Waals surface area contributed by atoms with E-state index in [1.54, 1.807) is 42.5 Å². The Kier molecular flexibility index (Phi) is 7.31. The van der Waals surface area contributed by atoms with Crippen molar-refractivity contribution < 1.29 is 14.3 Å². The van der Waals surface area contributed by atoms with Crippen molar-refractivity contribution in [2.24, 2.45) is 5.73 Å². The monoisotopic (exact) mass is 456 g/mol. The molecule has 174 valence electrons. The molecule has 3 aromatic carbocycles. The largest absolute Gasteiger partial charge is 0.489 e. The number of nitrogen functional groups attached to an aromatic ring is 1. The van der Waals surface area contributed by atoms with Gasteiger partial charge >= 0.3 is 0 Å². The highest BCUT2D eigenvalue weighted by Gasteiger charge is 2.21. The van der Waals surface area contributed by atoms with E-state index in [9.17, 15) is 4.79 Å². The molecule has 0 aromatic heterocycles. The van der Waals surface area contributed by atoms with Gasteiger partial charge in [-0.25, -0.2) is 0 Å². The number of ether oxygens (including phenoxy) is 2. The molecule has 5 N–H and O–H groups in total. The third-order valence-corrected chi connectivity index (χ3v) is 5.82. The molecule has 1 saturated carbocycles. The molecular weight excluding hydrogens is 428 g/mol. The normalized spacial score (nSPS) is 17.4. The summed E-state index contributed by atoms with van der Waals surface area (Å²) in [7, 11) is 0. The molecular formula is C27H28N4O3. The minimum atomic E-state index is -0.181. The summed E-state index contributed by atoms with van der Waals surface area (Å²) in [5, 5.41) is 12.1. The van der Waals surface area contributed by atoms with Crippen molar-refractivity contribution in [1.29, 1.82) is 5.26 Å². The molecule has 1 fully saturated rings. The lowest BCUT2D eigenvalue weighted by atomic mass is 9.91. The van der Waals surface area contributed by atoms with Crippen LogP contribution in [0.15, 0.2) is 66.7 Å². The number of benzene rings is 3. The van der Waals surface area contributed by atoms with E-state index in [2.05, 4.69) is 11.4 Å². The highest BCUT2D eigenvalue weighted by atomic mass is 16.5. The Morgan fingerprint density at radius 3 is 2.41 bits per heavy atom. The molecule has 4 rings (SSSR count). The highest BCUT2D eigenvalue weighted by Crippen LogP contribution is 2.29. The number of carbonyl (C=O) groups excluding carboxylic acids is 1. The number of nitriles is 1. The van der Waals surface area contributed by atoms with Crippen LogP contribution >= 0.6 is 0 Å². The molecule has 3 aromatic rings. The van der Waals surface area contributed by atoms with E-state index in [0.29, 0.717) is 40.7 Å². The second-order valence-electron chi connectivity index (χ2n) is 8.55. The zero-order valence-corrected chi connectivity index (χ0v) is 18.9. The van der Waals surface area contributed by atoms with Crippen LogP contribution in [-0.4, -0.2) is 18.0 Å².